The smallest absolute Gasteiger partial charge is 0.241 e. The Hall–Kier alpha value is -1.75. The van der Waals surface area contributed by atoms with Gasteiger partial charge >= 0.3 is 0 Å². The highest BCUT2D eigenvalue weighted by Gasteiger charge is 2.14. The van der Waals surface area contributed by atoms with Crippen molar-refractivity contribution in [3.05, 3.63) is 30.4 Å². The molecule has 1 unspecified atom stereocenters. The molecule has 2 aromatic rings. The molecule has 0 aromatic carbocycles. The number of hydrogen-bond acceptors (Lipinski definition) is 5. The average Bonchev–Trinajstić information content (AvgIpc) is 2.88. The summed E-state index contributed by atoms with van der Waals surface area (Å²) >= 11 is 0. The lowest BCUT2D eigenvalue weighted by Gasteiger charge is -2.22. The van der Waals surface area contributed by atoms with E-state index in [4.69, 9.17) is 4.52 Å². The first-order valence-electron chi connectivity index (χ1n) is 6.64. The molecule has 0 aliphatic heterocycles. The van der Waals surface area contributed by atoms with E-state index in [0.717, 1.165) is 5.56 Å². The van der Waals surface area contributed by atoms with Gasteiger partial charge in [0.25, 0.3) is 0 Å². The first kappa shape index (κ1) is 13.7. The third-order valence-corrected chi connectivity index (χ3v) is 3.23. The summed E-state index contributed by atoms with van der Waals surface area (Å²) in [5.74, 6) is 1.24. The van der Waals surface area contributed by atoms with Gasteiger partial charge in [-0.3, -0.25) is 9.88 Å². The van der Waals surface area contributed by atoms with Gasteiger partial charge in [0.15, 0.2) is 0 Å². The molecule has 0 amide bonds. The van der Waals surface area contributed by atoms with E-state index < -0.39 is 0 Å². The van der Waals surface area contributed by atoms with E-state index in [2.05, 4.69) is 40.9 Å². The minimum Gasteiger partial charge on any atom is -0.338 e. The molecule has 0 radical (unpaired) electrons. The van der Waals surface area contributed by atoms with Crippen molar-refractivity contribution in [2.75, 3.05) is 7.05 Å². The summed E-state index contributed by atoms with van der Waals surface area (Å²) in [4.78, 5) is 10.7. The second-order valence-corrected chi connectivity index (χ2v) is 4.81. The van der Waals surface area contributed by atoms with Crippen LogP contribution in [0.2, 0.25) is 0 Å². The topological polar surface area (TPSA) is 55.1 Å². The second-order valence-electron chi connectivity index (χ2n) is 4.81. The van der Waals surface area contributed by atoms with Gasteiger partial charge in [0, 0.05) is 24.0 Å². The Balaban J connectivity index is 2.02. The summed E-state index contributed by atoms with van der Waals surface area (Å²) < 4.78 is 5.29. The molecule has 2 heterocycles. The van der Waals surface area contributed by atoms with Crippen molar-refractivity contribution in [1.29, 1.82) is 0 Å². The minimum absolute atomic E-state index is 0.513. The third-order valence-electron chi connectivity index (χ3n) is 3.23. The van der Waals surface area contributed by atoms with E-state index in [1.165, 1.54) is 12.8 Å². The summed E-state index contributed by atoms with van der Waals surface area (Å²) in [6, 6.07) is 4.30. The molecule has 0 fully saturated rings. The normalized spacial score (nSPS) is 12.8. The van der Waals surface area contributed by atoms with Crippen LogP contribution in [0.25, 0.3) is 11.4 Å². The maximum atomic E-state index is 5.29. The van der Waals surface area contributed by atoms with Gasteiger partial charge in [-0.2, -0.15) is 4.98 Å². The Kier molecular flexibility index (Phi) is 4.63. The van der Waals surface area contributed by atoms with Crippen LogP contribution in [-0.2, 0) is 6.54 Å². The van der Waals surface area contributed by atoms with Crippen LogP contribution in [0.1, 0.15) is 32.6 Å². The lowest BCUT2D eigenvalue weighted by Crippen LogP contribution is -2.28. The summed E-state index contributed by atoms with van der Waals surface area (Å²) in [5, 5.41) is 3.99. The second kappa shape index (κ2) is 6.43. The third kappa shape index (κ3) is 3.61. The van der Waals surface area contributed by atoms with Crippen molar-refractivity contribution in [3.63, 3.8) is 0 Å². The van der Waals surface area contributed by atoms with Crippen molar-refractivity contribution in [1.82, 2.24) is 20.0 Å². The van der Waals surface area contributed by atoms with Gasteiger partial charge in [-0.1, -0.05) is 18.5 Å². The summed E-state index contributed by atoms with van der Waals surface area (Å²) in [7, 11) is 2.08. The first-order valence-corrected chi connectivity index (χ1v) is 6.64. The van der Waals surface area contributed by atoms with E-state index in [9.17, 15) is 0 Å². The number of hydrogen-bond donors (Lipinski definition) is 0. The van der Waals surface area contributed by atoms with Crippen LogP contribution in [0.5, 0.6) is 0 Å². The molecule has 0 N–H and O–H groups in total. The lowest BCUT2D eigenvalue weighted by atomic mass is 10.2. The van der Waals surface area contributed by atoms with Crippen LogP contribution in [0.3, 0.4) is 0 Å². The fourth-order valence-corrected chi connectivity index (χ4v) is 1.94. The Labute approximate surface area is 113 Å². The molecule has 2 aromatic heterocycles. The highest BCUT2D eigenvalue weighted by molar-refractivity contribution is 5.51. The van der Waals surface area contributed by atoms with Gasteiger partial charge < -0.3 is 4.52 Å². The zero-order valence-electron chi connectivity index (χ0n) is 11.7. The molecule has 5 heteroatoms. The standard InChI is InChI=1S/C14H20N4O/c1-4-6-11(2)18(3)10-13-16-14(17-19-13)12-7-5-8-15-9-12/h5,7-9,11H,4,6,10H2,1-3H3. The van der Waals surface area contributed by atoms with Crippen LogP contribution in [0.4, 0.5) is 0 Å². The number of pyridine rings is 1. The summed E-state index contributed by atoms with van der Waals surface area (Å²) in [5.41, 5.74) is 0.877. The molecule has 19 heavy (non-hydrogen) atoms. The molecule has 0 saturated carbocycles. The maximum Gasteiger partial charge on any atom is 0.241 e. The molecular weight excluding hydrogens is 240 g/mol. The SMILES string of the molecule is CCCC(C)N(C)Cc1nc(-c2cccnc2)no1. The van der Waals surface area contributed by atoms with E-state index in [1.54, 1.807) is 12.4 Å². The highest BCUT2D eigenvalue weighted by atomic mass is 16.5. The van der Waals surface area contributed by atoms with Gasteiger partial charge in [0.2, 0.25) is 11.7 Å². The Bertz CT molecular complexity index is 497. The van der Waals surface area contributed by atoms with Crippen LogP contribution in [-0.4, -0.2) is 33.1 Å². The van der Waals surface area contributed by atoms with Crippen molar-refractivity contribution < 1.29 is 4.52 Å². The van der Waals surface area contributed by atoms with Gasteiger partial charge in [-0.25, -0.2) is 0 Å². The zero-order valence-corrected chi connectivity index (χ0v) is 11.7. The summed E-state index contributed by atoms with van der Waals surface area (Å²) in [6.45, 7) is 5.08. The van der Waals surface area contributed by atoms with E-state index in [1.807, 2.05) is 12.1 Å². The molecule has 2 rings (SSSR count). The number of rotatable bonds is 6. The fraction of sp³-hybridized carbons (Fsp3) is 0.500. The molecule has 0 aliphatic rings. The van der Waals surface area contributed by atoms with Crippen molar-refractivity contribution in [2.45, 2.75) is 39.3 Å². The Morgan fingerprint density at radius 2 is 2.26 bits per heavy atom. The van der Waals surface area contributed by atoms with Crippen molar-refractivity contribution in [3.8, 4) is 11.4 Å². The van der Waals surface area contributed by atoms with E-state index in [0.29, 0.717) is 24.3 Å². The highest BCUT2D eigenvalue weighted by Crippen LogP contribution is 2.15. The van der Waals surface area contributed by atoms with Gasteiger partial charge in [-0.15, -0.1) is 0 Å². The molecule has 1 atom stereocenters. The van der Waals surface area contributed by atoms with Crippen LogP contribution in [0.15, 0.2) is 29.0 Å². The molecule has 0 aliphatic carbocycles. The molecule has 0 bridgehead atoms. The van der Waals surface area contributed by atoms with Gasteiger partial charge in [-0.05, 0) is 32.5 Å². The summed E-state index contributed by atoms with van der Waals surface area (Å²) in [6.07, 6.45) is 5.80. The molecule has 0 saturated heterocycles. The van der Waals surface area contributed by atoms with Crippen molar-refractivity contribution >= 4 is 0 Å². The Morgan fingerprint density at radius 1 is 1.42 bits per heavy atom. The van der Waals surface area contributed by atoms with Gasteiger partial charge in [0.1, 0.15) is 0 Å². The largest absolute Gasteiger partial charge is 0.338 e. The zero-order chi connectivity index (χ0) is 13.7. The van der Waals surface area contributed by atoms with Crippen LogP contribution in [0, 0.1) is 0 Å². The predicted octanol–water partition coefficient (Wildman–Crippen LogP) is 2.75. The molecule has 0 spiro atoms. The monoisotopic (exact) mass is 260 g/mol. The molecular formula is C14H20N4O. The maximum absolute atomic E-state index is 5.29. The number of nitrogens with zero attached hydrogens (tertiary/aromatic N) is 4. The van der Waals surface area contributed by atoms with E-state index in [-0.39, 0.29) is 0 Å². The van der Waals surface area contributed by atoms with Crippen LogP contribution < -0.4 is 0 Å². The fourth-order valence-electron chi connectivity index (χ4n) is 1.94. The predicted molar refractivity (Wildman–Crippen MR) is 73.4 cm³/mol. The molecule has 5 nitrogen and oxygen atoms in total. The number of aromatic nitrogens is 3. The van der Waals surface area contributed by atoms with Crippen LogP contribution >= 0.6 is 0 Å². The minimum atomic E-state index is 0.513. The first-order chi connectivity index (χ1) is 9.20. The lowest BCUT2D eigenvalue weighted by molar-refractivity contribution is 0.205. The average molecular weight is 260 g/mol. The molecule has 102 valence electrons. The van der Waals surface area contributed by atoms with Crippen molar-refractivity contribution in [2.24, 2.45) is 0 Å². The van der Waals surface area contributed by atoms with E-state index >= 15 is 0 Å². The quantitative estimate of drug-likeness (QED) is 0.799. The Morgan fingerprint density at radius 3 is 2.95 bits per heavy atom. The van der Waals surface area contributed by atoms with Gasteiger partial charge in [0.05, 0.1) is 6.54 Å².